The molecule has 104 valence electrons. The Bertz CT molecular complexity index is 797. The van der Waals surface area contributed by atoms with E-state index >= 15 is 0 Å². The highest BCUT2D eigenvalue weighted by molar-refractivity contribution is 9.10. The van der Waals surface area contributed by atoms with Crippen molar-refractivity contribution in [1.82, 2.24) is 0 Å². The topological polar surface area (TPSA) is 34.1 Å². The first-order chi connectivity index (χ1) is 10.1. The van der Waals surface area contributed by atoms with Gasteiger partial charge in [0.1, 0.15) is 0 Å². The van der Waals surface area contributed by atoms with Crippen molar-refractivity contribution in [3.63, 3.8) is 0 Å². The molecule has 0 heterocycles. The number of hydrogen-bond donors (Lipinski definition) is 0. The molecular formula is C16H8Br2O2S. The zero-order valence-corrected chi connectivity index (χ0v) is 14.6. The number of carbonyl (C=O) groups excluding carboxylic acids is 2. The SMILES string of the molecule is O=C1C=C(Sc2ccccc2Br)c2cc(Br)ccc2C1=O. The second kappa shape index (κ2) is 5.91. The zero-order chi connectivity index (χ0) is 15.0. The highest BCUT2D eigenvalue weighted by Crippen LogP contribution is 2.41. The zero-order valence-electron chi connectivity index (χ0n) is 10.6. The van der Waals surface area contributed by atoms with Crippen molar-refractivity contribution in [2.24, 2.45) is 0 Å². The lowest BCUT2D eigenvalue weighted by atomic mass is 9.95. The van der Waals surface area contributed by atoms with Crippen LogP contribution in [0.3, 0.4) is 0 Å². The molecular weight excluding hydrogens is 416 g/mol. The van der Waals surface area contributed by atoms with Gasteiger partial charge in [-0.25, -0.2) is 0 Å². The summed E-state index contributed by atoms with van der Waals surface area (Å²) in [5.41, 5.74) is 1.25. The van der Waals surface area contributed by atoms with Gasteiger partial charge in [-0.05, 0) is 46.3 Å². The van der Waals surface area contributed by atoms with Crippen LogP contribution in [-0.4, -0.2) is 11.6 Å². The third kappa shape index (κ3) is 2.91. The molecule has 2 aromatic rings. The maximum atomic E-state index is 12.0. The number of benzene rings is 2. The Balaban J connectivity index is 2.09. The van der Waals surface area contributed by atoms with Gasteiger partial charge in [0.15, 0.2) is 0 Å². The number of fused-ring (bicyclic) bond motifs is 1. The second-order valence-corrected chi connectivity index (χ2v) is 7.28. The monoisotopic (exact) mass is 422 g/mol. The van der Waals surface area contributed by atoms with Gasteiger partial charge in [-0.15, -0.1) is 0 Å². The smallest absolute Gasteiger partial charge is 0.233 e. The van der Waals surface area contributed by atoms with E-state index in [1.54, 1.807) is 12.1 Å². The molecule has 0 bridgehead atoms. The molecule has 0 unspecified atom stereocenters. The average molecular weight is 424 g/mol. The normalized spacial score (nSPS) is 13.9. The van der Waals surface area contributed by atoms with Crippen LogP contribution < -0.4 is 0 Å². The standard InChI is InChI=1S/C16H8Br2O2S/c17-9-5-6-10-11(7-9)15(8-13(19)16(10)20)21-14-4-2-1-3-12(14)18/h1-8H. The minimum Gasteiger partial charge on any atom is -0.286 e. The van der Waals surface area contributed by atoms with Crippen LogP contribution in [0.2, 0.25) is 0 Å². The fourth-order valence-electron chi connectivity index (χ4n) is 2.04. The van der Waals surface area contributed by atoms with Crippen molar-refractivity contribution < 1.29 is 9.59 Å². The van der Waals surface area contributed by atoms with E-state index in [1.165, 1.54) is 17.8 Å². The Morgan fingerprint density at radius 2 is 1.67 bits per heavy atom. The van der Waals surface area contributed by atoms with E-state index in [0.29, 0.717) is 5.56 Å². The summed E-state index contributed by atoms with van der Waals surface area (Å²) in [7, 11) is 0. The Kier molecular flexibility index (Phi) is 4.15. The van der Waals surface area contributed by atoms with E-state index in [0.717, 1.165) is 24.3 Å². The lowest BCUT2D eigenvalue weighted by Crippen LogP contribution is -2.17. The Hall–Kier alpha value is -1.17. The molecule has 0 radical (unpaired) electrons. The van der Waals surface area contributed by atoms with Crippen LogP contribution in [0, 0.1) is 0 Å². The summed E-state index contributed by atoms with van der Waals surface area (Å²) in [5.74, 6) is -0.923. The molecule has 0 aromatic heterocycles. The summed E-state index contributed by atoms with van der Waals surface area (Å²) in [6.45, 7) is 0. The van der Waals surface area contributed by atoms with E-state index in [2.05, 4.69) is 31.9 Å². The molecule has 0 fully saturated rings. The third-order valence-electron chi connectivity index (χ3n) is 3.03. The second-order valence-electron chi connectivity index (χ2n) is 4.42. The summed E-state index contributed by atoms with van der Waals surface area (Å²) in [6, 6.07) is 13.1. The Labute approximate surface area is 142 Å². The number of allylic oxidation sites excluding steroid dienone is 1. The van der Waals surface area contributed by atoms with Crippen molar-refractivity contribution in [3.05, 3.63) is 68.6 Å². The van der Waals surface area contributed by atoms with Crippen molar-refractivity contribution in [3.8, 4) is 0 Å². The van der Waals surface area contributed by atoms with Crippen molar-refractivity contribution in [1.29, 1.82) is 0 Å². The summed E-state index contributed by atoms with van der Waals surface area (Å²) >= 11 is 8.37. The number of rotatable bonds is 2. The van der Waals surface area contributed by atoms with Crippen LogP contribution in [-0.2, 0) is 4.79 Å². The predicted octanol–water partition coefficient (Wildman–Crippen LogP) is 5.11. The molecule has 2 aromatic carbocycles. The largest absolute Gasteiger partial charge is 0.286 e. The number of carbonyl (C=O) groups is 2. The van der Waals surface area contributed by atoms with Gasteiger partial charge in [0.25, 0.3) is 0 Å². The van der Waals surface area contributed by atoms with Crippen molar-refractivity contribution in [2.75, 3.05) is 0 Å². The van der Waals surface area contributed by atoms with Gasteiger partial charge >= 0.3 is 0 Å². The first-order valence-corrected chi connectivity index (χ1v) is 8.49. The van der Waals surface area contributed by atoms with Gasteiger partial charge in [-0.1, -0.05) is 39.8 Å². The molecule has 0 aliphatic heterocycles. The van der Waals surface area contributed by atoms with E-state index in [-0.39, 0.29) is 0 Å². The van der Waals surface area contributed by atoms with Crippen molar-refractivity contribution in [2.45, 2.75) is 4.90 Å². The number of ketones is 2. The van der Waals surface area contributed by atoms with Gasteiger partial charge < -0.3 is 0 Å². The molecule has 0 saturated carbocycles. The Morgan fingerprint density at radius 3 is 2.43 bits per heavy atom. The third-order valence-corrected chi connectivity index (χ3v) is 5.62. The van der Waals surface area contributed by atoms with Gasteiger partial charge in [0.05, 0.1) is 0 Å². The first-order valence-electron chi connectivity index (χ1n) is 6.09. The maximum absolute atomic E-state index is 12.0. The predicted molar refractivity (Wildman–Crippen MR) is 91.5 cm³/mol. The summed E-state index contributed by atoms with van der Waals surface area (Å²) < 4.78 is 1.83. The maximum Gasteiger partial charge on any atom is 0.233 e. The lowest BCUT2D eigenvalue weighted by molar-refractivity contribution is -0.110. The van der Waals surface area contributed by atoms with Crippen LogP contribution >= 0.6 is 43.6 Å². The van der Waals surface area contributed by atoms with Crippen LogP contribution in [0.1, 0.15) is 15.9 Å². The van der Waals surface area contributed by atoms with E-state index in [1.807, 2.05) is 30.3 Å². The number of thioether (sulfide) groups is 1. The summed E-state index contributed by atoms with van der Waals surface area (Å²) in [4.78, 5) is 25.6. The molecule has 1 aliphatic rings. The number of hydrogen-bond acceptors (Lipinski definition) is 3. The fourth-order valence-corrected chi connectivity index (χ4v) is 3.93. The summed E-state index contributed by atoms with van der Waals surface area (Å²) in [6.07, 6.45) is 1.42. The molecule has 0 spiro atoms. The minimum absolute atomic E-state index is 0.450. The molecule has 0 atom stereocenters. The molecule has 21 heavy (non-hydrogen) atoms. The van der Waals surface area contributed by atoms with Gasteiger partial charge in [-0.3, -0.25) is 9.59 Å². The first kappa shape index (κ1) is 14.8. The van der Waals surface area contributed by atoms with E-state index in [9.17, 15) is 9.59 Å². The molecule has 2 nitrogen and oxygen atoms in total. The van der Waals surface area contributed by atoms with Crippen LogP contribution in [0.25, 0.3) is 4.91 Å². The number of Topliss-reactive ketones (excluding diaryl/α,β-unsaturated/α-hetero) is 1. The lowest BCUT2D eigenvalue weighted by Gasteiger charge is -2.16. The molecule has 0 saturated heterocycles. The van der Waals surface area contributed by atoms with Crippen molar-refractivity contribution >= 4 is 60.1 Å². The van der Waals surface area contributed by atoms with Crippen LogP contribution in [0.15, 0.2) is 62.4 Å². The summed E-state index contributed by atoms with van der Waals surface area (Å²) in [5, 5.41) is 0. The van der Waals surface area contributed by atoms with Gasteiger partial charge in [-0.2, -0.15) is 0 Å². The number of halogens is 2. The average Bonchev–Trinajstić information content (AvgIpc) is 2.46. The minimum atomic E-state index is -0.473. The molecule has 0 N–H and O–H groups in total. The Morgan fingerprint density at radius 1 is 0.905 bits per heavy atom. The quantitative estimate of drug-likeness (QED) is 0.629. The van der Waals surface area contributed by atoms with Crippen LogP contribution in [0.5, 0.6) is 0 Å². The fraction of sp³-hybridized carbons (Fsp3) is 0. The highest BCUT2D eigenvalue weighted by atomic mass is 79.9. The highest BCUT2D eigenvalue weighted by Gasteiger charge is 2.26. The van der Waals surface area contributed by atoms with E-state index < -0.39 is 11.6 Å². The van der Waals surface area contributed by atoms with Gasteiger partial charge in [0.2, 0.25) is 11.6 Å². The van der Waals surface area contributed by atoms with E-state index in [4.69, 9.17) is 0 Å². The molecule has 0 amide bonds. The van der Waals surface area contributed by atoms with Gasteiger partial charge in [0, 0.05) is 35.9 Å². The molecule has 1 aliphatic carbocycles. The molecule has 3 rings (SSSR count). The van der Waals surface area contributed by atoms with Crippen LogP contribution in [0.4, 0.5) is 0 Å². The molecule has 5 heteroatoms.